The number of amides is 4. The zero-order chi connectivity index (χ0) is 57.6. The molecular formula is C67H54F6N2O6. The highest BCUT2D eigenvalue weighted by Crippen LogP contribution is 2.59. The lowest BCUT2D eigenvalue weighted by molar-refractivity contribution is -0.288. The van der Waals surface area contributed by atoms with Crippen molar-refractivity contribution in [1.82, 2.24) is 4.90 Å². The molecule has 14 heteroatoms. The van der Waals surface area contributed by atoms with Gasteiger partial charge >= 0.3 is 12.4 Å². The topological polar surface area (TPSA) is 93.2 Å². The van der Waals surface area contributed by atoms with E-state index in [0.29, 0.717) is 35.3 Å². The van der Waals surface area contributed by atoms with Gasteiger partial charge in [-0.1, -0.05) is 132 Å². The van der Waals surface area contributed by atoms with E-state index in [9.17, 15) is 19.2 Å². The molecule has 3 aliphatic rings. The van der Waals surface area contributed by atoms with Crippen LogP contribution in [0.15, 0.2) is 182 Å². The molecule has 8 aromatic rings. The maximum absolute atomic E-state index is 15.2. The number of fused-ring (bicyclic) bond motifs is 5. The predicted octanol–water partition coefficient (Wildman–Crippen LogP) is 16.7. The van der Waals surface area contributed by atoms with Crippen LogP contribution in [0.2, 0.25) is 0 Å². The third-order valence-corrected chi connectivity index (χ3v) is 17.2. The Balaban J connectivity index is 0.869. The number of alkyl halides is 6. The normalized spacial score (nSPS) is 15.0. The number of ether oxygens (including phenoxy) is 2. The number of hydrogen-bond donors (Lipinski definition) is 0. The average molecular weight is 1100 g/mol. The van der Waals surface area contributed by atoms with Gasteiger partial charge in [-0.3, -0.25) is 24.1 Å². The lowest BCUT2D eigenvalue weighted by Crippen LogP contribution is -2.54. The van der Waals surface area contributed by atoms with Gasteiger partial charge in [0.2, 0.25) is 5.41 Å². The molecule has 0 saturated carbocycles. The maximum Gasteiger partial charge on any atom is 0.411 e. The van der Waals surface area contributed by atoms with E-state index in [2.05, 4.69) is 20.8 Å². The van der Waals surface area contributed by atoms with Gasteiger partial charge in [0, 0.05) is 5.54 Å². The third-order valence-electron chi connectivity index (χ3n) is 17.2. The Hall–Kier alpha value is -8.78. The predicted molar refractivity (Wildman–Crippen MR) is 296 cm³/mol. The molecule has 0 fully saturated rings. The van der Waals surface area contributed by atoms with Crippen LogP contribution in [-0.2, 0) is 16.2 Å². The second-order valence-electron chi connectivity index (χ2n) is 21.7. The van der Waals surface area contributed by atoms with E-state index in [1.807, 2.05) is 87.5 Å². The molecule has 0 radical (unpaired) electrons. The van der Waals surface area contributed by atoms with Gasteiger partial charge in [0.1, 0.15) is 23.0 Å². The minimum Gasteiger partial charge on any atom is -0.457 e. The first-order valence-electron chi connectivity index (χ1n) is 26.7. The number of rotatable bonds is 14. The first-order valence-corrected chi connectivity index (χ1v) is 26.7. The highest BCUT2D eigenvalue weighted by Gasteiger charge is 2.72. The van der Waals surface area contributed by atoms with E-state index < -0.39 is 51.7 Å². The molecule has 4 amide bonds. The number of carbonyl (C=O) groups is 4. The molecule has 410 valence electrons. The standard InChI is InChI=1S/C67H54F6N2O6/c1-7-62(4,5)40-18-28-46(29-19-40)80-47-30-20-41(21-31-47)65(66(68,69)70,67(71,72)73)42-22-32-48(33-23-42)81-49-34-26-45(27-35-49)74-58(76)52-36-24-43(38-54(52)59(74)77)64(56-16-12-10-14-50(56)51-15-11-13-17-57(51)64)44-25-37-53-55(39-44)61(79)75(60(53)78)63(6,8-2)9-3/h10-39H,7-9H2,1-6H3. The summed E-state index contributed by atoms with van der Waals surface area (Å²) in [5, 5.41) is 0. The number of halogens is 6. The Morgan fingerprint density at radius 1 is 0.407 bits per heavy atom. The molecule has 8 nitrogen and oxygen atoms in total. The molecule has 0 N–H and O–H groups in total. The number of carbonyl (C=O) groups excluding carboxylic acids is 4. The molecule has 1 aliphatic carbocycles. The molecule has 11 rings (SSSR count). The van der Waals surface area contributed by atoms with Crippen molar-refractivity contribution in [1.29, 1.82) is 0 Å². The Labute approximate surface area is 464 Å². The van der Waals surface area contributed by atoms with Gasteiger partial charge in [-0.2, -0.15) is 26.3 Å². The van der Waals surface area contributed by atoms with Crippen LogP contribution in [0.4, 0.5) is 32.0 Å². The van der Waals surface area contributed by atoms with Gasteiger partial charge in [-0.15, -0.1) is 0 Å². The summed E-state index contributed by atoms with van der Waals surface area (Å²) in [7, 11) is 0. The number of imide groups is 2. The molecule has 0 aromatic heterocycles. The highest BCUT2D eigenvalue weighted by molar-refractivity contribution is 6.34. The number of hydrogen-bond acceptors (Lipinski definition) is 6. The third kappa shape index (κ3) is 8.34. The van der Waals surface area contributed by atoms with Crippen molar-refractivity contribution < 1.29 is 55.0 Å². The fourth-order valence-corrected chi connectivity index (χ4v) is 11.9. The summed E-state index contributed by atoms with van der Waals surface area (Å²) in [5.41, 5.74) is -1.55. The van der Waals surface area contributed by atoms with Crippen LogP contribution in [0.1, 0.15) is 141 Å². The van der Waals surface area contributed by atoms with E-state index in [-0.39, 0.29) is 56.9 Å². The fraction of sp³-hybridized carbons (Fsp3) is 0.224. The van der Waals surface area contributed by atoms with Gasteiger partial charge in [-0.25, -0.2) is 4.90 Å². The van der Waals surface area contributed by atoms with Crippen molar-refractivity contribution in [2.24, 2.45) is 0 Å². The zero-order valence-electron chi connectivity index (χ0n) is 45.1. The zero-order valence-corrected chi connectivity index (χ0v) is 45.1. The quantitative estimate of drug-likeness (QED) is 0.0795. The van der Waals surface area contributed by atoms with Gasteiger partial charge < -0.3 is 9.47 Å². The molecule has 8 aromatic carbocycles. The van der Waals surface area contributed by atoms with Gasteiger partial charge in [-0.05, 0) is 167 Å². The summed E-state index contributed by atoms with van der Waals surface area (Å²) in [6.45, 7) is 12.0. The van der Waals surface area contributed by atoms with E-state index in [4.69, 9.17) is 9.47 Å². The number of nitrogens with zero attached hydrogens (tertiary/aromatic N) is 2. The lowest BCUT2D eigenvalue weighted by atomic mass is 9.67. The van der Waals surface area contributed by atoms with Crippen molar-refractivity contribution in [2.75, 3.05) is 4.90 Å². The minimum atomic E-state index is -5.84. The maximum atomic E-state index is 15.2. The van der Waals surface area contributed by atoms with Crippen LogP contribution >= 0.6 is 0 Å². The largest absolute Gasteiger partial charge is 0.457 e. The van der Waals surface area contributed by atoms with Crippen LogP contribution in [0.25, 0.3) is 11.1 Å². The summed E-state index contributed by atoms with van der Waals surface area (Å²) in [5.74, 6) is -1.55. The van der Waals surface area contributed by atoms with Crippen LogP contribution < -0.4 is 14.4 Å². The van der Waals surface area contributed by atoms with Crippen molar-refractivity contribution in [3.8, 4) is 34.1 Å². The van der Waals surface area contributed by atoms with Crippen molar-refractivity contribution in [3.63, 3.8) is 0 Å². The first-order chi connectivity index (χ1) is 38.5. The first kappa shape index (κ1) is 54.2. The molecule has 0 atom stereocenters. The van der Waals surface area contributed by atoms with Gasteiger partial charge in [0.25, 0.3) is 23.6 Å². The molecule has 2 heterocycles. The molecule has 0 spiro atoms. The Morgan fingerprint density at radius 3 is 1.20 bits per heavy atom. The molecule has 0 saturated heterocycles. The minimum absolute atomic E-state index is 0.0446. The van der Waals surface area contributed by atoms with Gasteiger partial charge in [0.05, 0.1) is 33.4 Å². The summed E-state index contributed by atoms with van der Waals surface area (Å²) in [4.78, 5) is 59.6. The summed E-state index contributed by atoms with van der Waals surface area (Å²) < 4.78 is 103. The molecule has 0 bridgehead atoms. The van der Waals surface area contributed by atoms with Crippen molar-refractivity contribution in [3.05, 3.63) is 243 Å². The van der Waals surface area contributed by atoms with Crippen LogP contribution in [0.5, 0.6) is 23.0 Å². The lowest BCUT2D eigenvalue weighted by Gasteiger charge is -2.38. The second-order valence-corrected chi connectivity index (χ2v) is 21.7. The van der Waals surface area contributed by atoms with Crippen molar-refractivity contribution in [2.45, 2.75) is 94.9 Å². The van der Waals surface area contributed by atoms with E-state index in [1.165, 1.54) is 29.2 Å². The molecule has 81 heavy (non-hydrogen) atoms. The SMILES string of the molecule is CCC(C)(C)c1ccc(Oc2ccc(C(c3ccc(Oc4ccc(N5C(=O)c6ccc(C7(c8ccc9c(c8)C(=O)N(C(C)(CC)CC)C9=O)c8ccccc8-c8ccccc87)cc6C5=O)cc4)cc3)(C(F)(F)F)C(F)(F)F)cc2)cc1. The summed E-state index contributed by atoms with van der Waals surface area (Å²) >= 11 is 0. The Morgan fingerprint density at radius 2 is 0.778 bits per heavy atom. The number of benzene rings is 8. The monoisotopic (exact) mass is 1100 g/mol. The molecule has 2 aliphatic heterocycles. The summed E-state index contributed by atoms with van der Waals surface area (Å²) in [6.07, 6.45) is -9.67. The van der Waals surface area contributed by atoms with E-state index >= 15 is 26.3 Å². The Kier molecular flexibility index (Phi) is 13.0. The van der Waals surface area contributed by atoms with E-state index in [1.54, 1.807) is 42.5 Å². The van der Waals surface area contributed by atoms with Crippen molar-refractivity contribution >= 4 is 29.3 Å². The molecule has 0 unspecified atom stereocenters. The van der Waals surface area contributed by atoms with Crippen LogP contribution in [0.3, 0.4) is 0 Å². The molecular weight excluding hydrogens is 1040 g/mol. The summed E-state index contributed by atoms with van der Waals surface area (Å²) in [6, 6.07) is 46.2. The van der Waals surface area contributed by atoms with E-state index in [0.717, 1.165) is 87.7 Å². The van der Waals surface area contributed by atoms with Gasteiger partial charge in [0.15, 0.2) is 0 Å². The highest BCUT2D eigenvalue weighted by atomic mass is 19.4. The van der Waals surface area contributed by atoms with Crippen LogP contribution in [-0.4, -0.2) is 46.4 Å². The average Bonchev–Trinajstić information content (AvgIpc) is 2.18. The number of anilines is 1. The van der Waals surface area contributed by atoms with Crippen LogP contribution in [0, 0.1) is 0 Å². The fourth-order valence-electron chi connectivity index (χ4n) is 11.9. The smallest absolute Gasteiger partial charge is 0.411 e. The second kappa shape index (κ2) is 19.5. The Bertz CT molecular complexity index is 3770.